The van der Waals surface area contributed by atoms with Gasteiger partial charge in [0.1, 0.15) is 0 Å². The first kappa shape index (κ1) is 17.5. The van der Waals surface area contributed by atoms with Crippen LogP contribution in [0.2, 0.25) is 0 Å². The first-order chi connectivity index (χ1) is 11.5. The molecule has 0 fully saturated rings. The van der Waals surface area contributed by atoms with E-state index in [4.69, 9.17) is 0 Å². The molecule has 1 aromatic carbocycles. The lowest BCUT2D eigenvalue weighted by molar-refractivity contribution is 0.102. The number of carbonyl (C=O) groups is 1. The average molecular weight is 378 g/mol. The van der Waals surface area contributed by atoms with Crippen LogP contribution in [0, 0.1) is 12.8 Å². The van der Waals surface area contributed by atoms with Gasteiger partial charge in [-0.3, -0.25) is 4.79 Å². The van der Waals surface area contributed by atoms with Crippen LogP contribution in [-0.4, -0.2) is 32.5 Å². The summed E-state index contributed by atoms with van der Waals surface area (Å²) in [6.07, 6.45) is 0. The molecule has 0 radical (unpaired) electrons. The number of hydrogen-bond acceptors (Lipinski definition) is 6. The highest BCUT2D eigenvalue weighted by atomic mass is 32.2. The maximum Gasteiger partial charge on any atom is 0.175 e. The molecule has 3 aromatic rings. The van der Waals surface area contributed by atoms with Gasteiger partial charge in [-0.1, -0.05) is 66.9 Å². The Balaban J connectivity index is 1.66. The number of fused-ring (bicyclic) bond motifs is 1. The molecule has 0 spiro atoms. The van der Waals surface area contributed by atoms with E-state index in [1.54, 1.807) is 23.1 Å². The molecule has 0 aliphatic heterocycles. The molecule has 0 unspecified atom stereocenters. The molecular weight excluding hydrogens is 358 g/mol. The lowest BCUT2D eigenvalue weighted by Crippen LogP contribution is -2.03. The van der Waals surface area contributed by atoms with Gasteiger partial charge in [-0.05, 0) is 18.9 Å². The predicted molar refractivity (Wildman–Crippen MR) is 104 cm³/mol. The number of thioether (sulfide) groups is 2. The van der Waals surface area contributed by atoms with Gasteiger partial charge in [0.05, 0.1) is 5.75 Å². The van der Waals surface area contributed by atoms with E-state index in [0.29, 0.717) is 11.7 Å². The molecule has 3 rings (SSSR count). The summed E-state index contributed by atoms with van der Waals surface area (Å²) in [6.45, 7) is 6.32. The van der Waals surface area contributed by atoms with Gasteiger partial charge in [-0.25, -0.2) is 0 Å². The highest BCUT2D eigenvalue weighted by Crippen LogP contribution is 2.31. The van der Waals surface area contributed by atoms with Crippen LogP contribution in [0.1, 0.15) is 29.9 Å². The Morgan fingerprint density at radius 1 is 1.21 bits per heavy atom. The standard InChI is InChI=1S/C17H19N3OS3/c1-10(2)8-22-16-19-20-17(24-16)23-9-14(21)15-11(3)18-13-7-5-4-6-12(13)15/h4-7,10,18H,8-9H2,1-3H3. The highest BCUT2D eigenvalue weighted by molar-refractivity contribution is 8.03. The smallest absolute Gasteiger partial charge is 0.175 e. The molecule has 2 aromatic heterocycles. The SMILES string of the molecule is Cc1[nH]c2ccccc2c1C(=O)CSc1nnc(SCC(C)C)s1. The number of benzene rings is 1. The predicted octanol–water partition coefficient (Wildman–Crippen LogP) is 5.05. The second-order valence-electron chi connectivity index (χ2n) is 5.92. The van der Waals surface area contributed by atoms with Gasteiger partial charge in [-0.15, -0.1) is 10.2 Å². The minimum atomic E-state index is 0.126. The number of aryl methyl sites for hydroxylation is 1. The number of nitrogens with zero attached hydrogens (tertiary/aromatic N) is 2. The minimum absolute atomic E-state index is 0.126. The van der Waals surface area contributed by atoms with Crippen molar-refractivity contribution in [1.82, 2.24) is 15.2 Å². The second-order valence-corrected chi connectivity index (χ2v) is 9.39. The molecule has 24 heavy (non-hydrogen) atoms. The molecule has 0 aliphatic carbocycles. The van der Waals surface area contributed by atoms with E-state index in [2.05, 4.69) is 29.0 Å². The molecule has 0 amide bonds. The molecule has 1 N–H and O–H groups in total. The third kappa shape index (κ3) is 4.02. The maximum atomic E-state index is 12.6. The van der Waals surface area contributed by atoms with E-state index < -0.39 is 0 Å². The largest absolute Gasteiger partial charge is 0.358 e. The number of carbonyl (C=O) groups excluding carboxylic acids is 1. The lowest BCUT2D eigenvalue weighted by Gasteiger charge is -2.00. The molecule has 2 heterocycles. The minimum Gasteiger partial charge on any atom is -0.358 e. The summed E-state index contributed by atoms with van der Waals surface area (Å²) in [5.41, 5.74) is 2.72. The normalized spacial score (nSPS) is 11.5. The van der Waals surface area contributed by atoms with Crippen molar-refractivity contribution in [3.63, 3.8) is 0 Å². The molecule has 4 nitrogen and oxygen atoms in total. The van der Waals surface area contributed by atoms with Gasteiger partial charge >= 0.3 is 0 Å². The zero-order chi connectivity index (χ0) is 17.1. The highest BCUT2D eigenvalue weighted by Gasteiger charge is 2.17. The van der Waals surface area contributed by atoms with Crippen LogP contribution in [0.15, 0.2) is 32.9 Å². The molecule has 7 heteroatoms. The van der Waals surface area contributed by atoms with Crippen molar-refractivity contribution in [2.45, 2.75) is 29.5 Å². The quantitative estimate of drug-likeness (QED) is 0.461. The molecule has 0 atom stereocenters. The topological polar surface area (TPSA) is 58.6 Å². The summed E-state index contributed by atoms with van der Waals surface area (Å²) in [4.78, 5) is 15.9. The second kappa shape index (κ2) is 7.72. The van der Waals surface area contributed by atoms with Crippen molar-refractivity contribution in [2.24, 2.45) is 5.92 Å². The van der Waals surface area contributed by atoms with Gasteiger partial charge in [0.25, 0.3) is 0 Å². The van der Waals surface area contributed by atoms with E-state index in [-0.39, 0.29) is 5.78 Å². The Labute approximate surface area is 153 Å². The fraction of sp³-hybridized carbons (Fsp3) is 0.353. The number of ketones is 1. The van der Waals surface area contributed by atoms with Gasteiger partial charge in [-0.2, -0.15) is 0 Å². The number of H-pyrrole nitrogens is 1. The summed E-state index contributed by atoms with van der Waals surface area (Å²) in [6, 6.07) is 7.92. The van der Waals surface area contributed by atoms with Crippen LogP contribution in [0.25, 0.3) is 10.9 Å². The Kier molecular flexibility index (Phi) is 5.63. The molecule has 0 saturated carbocycles. The summed E-state index contributed by atoms with van der Waals surface area (Å²) < 4.78 is 1.83. The summed E-state index contributed by atoms with van der Waals surface area (Å²) >= 11 is 4.76. The zero-order valence-electron chi connectivity index (χ0n) is 13.8. The monoisotopic (exact) mass is 377 g/mol. The molecule has 0 saturated heterocycles. The van der Waals surface area contributed by atoms with Crippen LogP contribution in [0.5, 0.6) is 0 Å². The van der Waals surface area contributed by atoms with Crippen molar-refractivity contribution in [3.8, 4) is 0 Å². The summed E-state index contributed by atoms with van der Waals surface area (Å²) in [5.74, 6) is 2.17. The number of aromatic amines is 1. The van der Waals surface area contributed by atoms with E-state index in [0.717, 1.165) is 36.6 Å². The molecule has 0 bridgehead atoms. The first-order valence-corrected chi connectivity index (χ1v) is 10.5. The Morgan fingerprint density at radius 3 is 2.67 bits per heavy atom. The van der Waals surface area contributed by atoms with Crippen LogP contribution in [0.3, 0.4) is 0 Å². The van der Waals surface area contributed by atoms with E-state index in [1.165, 1.54) is 11.8 Å². The third-order valence-electron chi connectivity index (χ3n) is 3.43. The Bertz CT molecular complexity index is 854. The number of nitrogens with one attached hydrogen (secondary N) is 1. The van der Waals surface area contributed by atoms with Crippen molar-refractivity contribution in [3.05, 3.63) is 35.5 Å². The zero-order valence-corrected chi connectivity index (χ0v) is 16.3. The van der Waals surface area contributed by atoms with Crippen molar-refractivity contribution in [2.75, 3.05) is 11.5 Å². The number of aromatic nitrogens is 3. The van der Waals surface area contributed by atoms with Gasteiger partial charge < -0.3 is 4.98 Å². The van der Waals surface area contributed by atoms with Gasteiger partial charge in [0, 0.05) is 27.9 Å². The van der Waals surface area contributed by atoms with Crippen molar-refractivity contribution < 1.29 is 4.79 Å². The van der Waals surface area contributed by atoms with Crippen LogP contribution >= 0.6 is 34.9 Å². The lowest BCUT2D eigenvalue weighted by atomic mass is 10.1. The van der Waals surface area contributed by atoms with E-state index in [9.17, 15) is 4.79 Å². The fourth-order valence-corrected chi connectivity index (χ4v) is 5.26. The van der Waals surface area contributed by atoms with Crippen LogP contribution in [0.4, 0.5) is 0 Å². The molecular formula is C17H19N3OS3. The van der Waals surface area contributed by atoms with E-state index >= 15 is 0 Å². The fourth-order valence-electron chi connectivity index (χ4n) is 2.39. The maximum absolute atomic E-state index is 12.6. The summed E-state index contributed by atoms with van der Waals surface area (Å²) in [5, 5.41) is 9.36. The van der Waals surface area contributed by atoms with Crippen LogP contribution in [-0.2, 0) is 0 Å². The number of para-hydroxylation sites is 1. The van der Waals surface area contributed by atoms with Crippen LogP contribution < -0.4 is 0 Å². The Morgan fingerprint density at radius 2 is 1.92 bits per heavy atom. The average Bonchev–Trinajstić information content (AvgIpc) is 3.13. The number of Topliss-reactive ketones (excluding diaryl/α,β-unsaturated/α-hetero) is 1. The molecule has 0 aliphatic rings. The molecule has 126 valence electrons. The number of rotatable bonds is 7. The van der Waals surface area contributed by atoms with Crippen molar-refractivity contribution >= 4 is 51.5 Å². The Hall–Kier alpha value is -1.31. The first-order valence-electron chi connectivity index (χ1n) is 7.74. The van der Waals surface area contributed by atoms with Gasteiger partial charge in [0.2, 0.25) is 0 Å². The van der Waals surface area contributed by atoms with Crippen molar-refractivity contribution in [1.29, 1.82) is 0 Å². The number of hydrogen-bond donors (Lipinski definition) is 1. The summed E-state index contributed by atoms with van der Waals surface area (Å²) in [7, 11) is 0. The van der Waals surface area contributed by atoms with Gasteiger partial charge in [0.15, 0.2) is 14.5 Å². The van der Waals surface area contributed by atoms with E-state index in [1.807, 2.05) is 31.2 Å². The third-order valence-corrected chi connectivity index (χ3v) is 7.04.